The van der Waals surface area contributed by atoms with Crippen molar-refractivity contribution in [2.75, 3.05) is 26.3 Å². The zero-order valence-electron chi connectivity index (χ0n) is 14.5. The minimum Gasteiger partial charge on any atom is -0.491 e. The Morgan fingerprint density at radius 2 is 1.86 bits per heavy atom. The number of carbonyl (C=O) groups is 1. The highest BCUT2D eigenvalue weighted by atomic mass is 19.4. The molecule has 3 rings (SSSR count). The first-order valence-electron chi connectivity index (χ1n) is 8.39. The molecule has 9 heteroatoms. The molecule has 1 aliphatic rings. The van der Waals surface area contributed by atoms with Gasteiger partial charge in [0, 0.05) is 18.2 Å². The normalized spacial score (nSPS) is 17.5. The Hall–Kier alpha value is -2.68. The van der Waals surface area contributed by atoms with Gasteiger partial charge < -0.3 is 14.4 Å². The summed E-state index contributed by atoms with van der Waals surface area (Å²) in [4.78, 5) is 13.8. The smallest absolute Gasteiger partial charge is 0.416 e. The number of halogens is 5. The largest absolute Gasteiger partial charge is 0.491 e. The van der Waals surface area contributed by atoms with Crippen LogP contribution < -0.4 is 4.74 Å². The fourth-order valence-corrected chi connectivity index (χ4v) is 2.82. The second-order valence-electron chi connectivity index (χ2n) is 6.24. The second kappa shape index (κ2) is 8.14. The summed E-state index contributed by atoms with van der Waals surface area (Å²) in [5.41, 5.74) is -0.962. The molecule has 0 bridgehead atoms. The monoisotopic (exact) mass is 401 g/mol. The van der Waals surface area contributed by atoms with Gasteiger partial charge in [-0.1, -0.05) is 6.07 Å². The van der Waals surface area contributed by atoms with Gasteiger partial charge in [0.25, 0.3) is 5.91 Å². The Bertz CT molecular complexity index is 835. The molecule has 1 amide bonds. The molecule has 0 radical (unpaired) electrons. The fourth-order valence-electron chi connectivity index (χ4n) is 2.82. The predicted octanol–water partition coefficient (Wildman–Crippen LogP) is 3.90. The molecule has 28 heavy (non-hydrogen) atoms. The minimum absolute atomic E-state index is 0.0223. The van der Waals surface area contributed by atoms with E-state index in [9.17, 15) is 26.7 Å². The third-order valence-electron chi connectivity index (χ3n) is 4.13. The van der Waals surface area contributed by atoms with E-state index in [1.165, 1.54) is 17.0 Å². The van der Waals surface area contributed by atoms with E-state index in [4.69, 9.17) is 9.47 Å². The molecule has 1 saturated heterocycles. The molecule has 2 aromatic carbocycles. The summed E-state index contributed by atoms with van der Waals surface area (Å²) in [6.45, 7) is 0.385. The molecule has 0 spiro atoms. The van der Waals surface area contributed by atoms with Crippen molar-refractivity contribution in [2.45, 2.75) is 12.3 Å². The first-order chi connectivity index (χ1) is 13.2. The highest BCUT2D eigenvalue weighted by molar-refractivity contribution is 5.94. The predicted molar refractivity (Wildman–Crippen MR) is 88.9 cm³/mol. The quantitative estimate of drug-likeness (QED) is 0.730. The SMILES string of the molecule is O=C(c1cc(F)cc(F)c1)N1CCOC(COc2cccc(C(F)(F)F)c2)C1. The van der Waals surface area contributed by atoms with Crippen LogP contribution in [0.15, 0.2) is 42.5 Å². The lowest BCUT2D eigenvalue weighted by Gasteiger charge is -2.33. The first kappa shape index (κ1) is 20.1. The van der Waals surface area contributed by atoms with Gasteiger partial charge in [0.15, 0.2) is 0 Å². The number of hydrogen-bond donors (Lipinski definition) is 0. The average Bonchev–Trinajstić information content (AvgIpc) is 2.65. The molecule has 0 aromatic heterocycles. The Labute approximate surface area is 157 Å². The molecule has 0 N–H and O–H groups in total. The van der Waals surface area contributed by atoms with Crippen molar-refractivity contribution in [1.82, 2.24) is 4.90 Å². The maximum Gasteiger partial charge on any atom is 0.416 e. The van der Waals surface area contributed by atoms with Crippen molar-refractivity contribution in [1.29, 1.82) is 0 Å². The topological polar surface area (TPSA) is 38.8 Å². The maximum atomic E-state index is 13.3. The van der Waals surface area contributed by atoms with Crippen LogP contribution in [0.1, 0.15) is 15.9 Å². The summed E-state index contributed by atoms with van der Waals surface area (Å²) >= 11 is 0. The van der Waals surface area contributed by atoms with Crippen LogP contribution in [0.4, 0.5) is 22.0 Å². The first-order valence-corrected chi connectivity index (χ1v) is 8.39. The van der Waals surface area contributed by atoms with E-state index < -0.39 is 35.4 Å². The fraction of sp³-hybridized carbons (Fsp3) is 0.316. The summed E-state index contributed by atoms with van der Waals surface area (Å²) < 4.78 is 75.7. The van der Waals surface area contributed by atoms with E-state index in [0.717, 1.165) is 24.3 Å². The maximum absolute atomic E-state index is 13.3. The van der Waals surface area contributed by atoms with E-state index >= 15 is 0 Å². The third-order valence-corrected chi connectivity index (χ3v) is 4.13. The Kier molecular flexibility index (Phi) is 5.83. The minimum atomic E-state index is -4.48. The molecule has 0 aliphatic carbocycles. The van der Waals surface area contributed by atoms with Crippen molar-refractivity contribution in [3.8, 4) is 5.75 Å². The molecule has 2 aromatic rings. The number of nitrogens with zero attached hydrogens (tertiary/aromatic N) is 1. The Morgan fingerprint density at radius 3 is 2.54 bits per heavy atom. The number of hydrogen-bond acceptors (Lipinski definition) is 3. The second-order valence-corrected chi connectivity index (χ2v) is 6.24. The van der Waals surface area contributed by atoms with Gasteiger partial charge in [-0.25, -0.2) is 8.78 Å². The Morgan fingerprint density at radius 1 is 1.14 bits per heavy atom. The van der Waals surface area contributed by atoms with Crippen molar-refractivity contribution in [2.24, 2.45) is 0 Å². The van der Waals surface area contributed by atoms with Crippen LogP contribution in [0.25, 0.3) is 0 Å². The summed E-state index contributed by atoms with van der Waals surface area (Å²) in [6, 6.07) is 6.97. The molecule has 0 saturated carbocycles. The molecule has 1 atom stereocenters. The molecule has 1 fully saturated rings. The number of benzene rings is 2. The van der Waals surface area contributed by atoms with E-state index in [-0.39, 0.29) is 37.6 Å². The number of rotatable bonds is 4. The van der Waals surface area contributed by atoms with Gasteiger partial charge >= 0.3 is 6.18 Å². The molecule has 4 nitrogen and oxygen atoms in total. The zero-order chi connectivity index (χ0) is 20.3. The number of carbonyl (C=O) groups excluding carboxylic acids is 1. The molecule has 150 valence electrons. The van der Waals surface area contributed by atoms with Crippen LogP contribution in [-0.2, 0) is 10.9 Å². The van der Waals surface area contributed by atoms with Gasteiger partial charge in [-0.3, -0.25) is 4.79 Å². The lowest BCUT2D eigenvalue weighted by molar-refractivity contribution is -0.137. The van der Waals surface area contributed by atoms with Gasteiger partial charge in [0.1, 0.15) is 30.1 Å². The van der Waals surface area contributed by atoms with Crippen molar-refractivity contribution >= 4 is 5.91 Å². The highest BCUT2D eigenvalue weighted by Gasteiger charge is 2.31. The lowest BCUT2D eigenvalue weighted by Crippen LogP contribution is -2.47. The van der Waals surface area contributed by atoms with Crippen LogP contribution >= 0.6 is 0 Å². The van der Waals surface area contributed by atoms with Crippen molar-refractivity contribution < 1.29 is 36.2 Å². The summed E-state index contributed by atoms with van der Waals surface area (Å²) in [6.07, 6.45) is -5.07. The number of amides is 1. The van der Waals surface area contributed by atoms with Gasteiger partial charge in [-0.15, -0.1) is 0 Å². The van der Waals surface area contributed by atoms with Gasteiger partial charge in [-0.2, -0.15) is 13.2 Å². The molecular weight excluding hydrogens is 385 g/mol. The van der Waals surface area contributed by atoms with Crippen LogP contribution in [0.2, 0.25) is 0 Å². The summed E-state index contributed by atoms with van der Waals surface area (Å²) in [7, 11) is 0. The summed E-state index contributed by atoms with van der Waals surface area (Å²) in [5, 5.41) is 0. The van der Waals surface area contributed by atoms with Crippen molar-refractivity contribution in [3.05, 3.63) is 65.2 Å². The number of ether oxygens (including phenoxy) is 2. The lowest BCUT2D eigenvalue weighted by atomic mass is 10.1. The van der Waals surface area contributed by atoms with E-state index in [2.05, 4.69) is 0 Å². The highest BCUT2D eigenvalue weighted by Crippen LogP contribution is 2.31. The van der Waals surface area contributed by atoms with E-state index in [0.29, 0.717) is 6.07 Å². The van der Waals surface area contributed by atoms with Crippen LogP contribution in [0, 0.1) is 11.6 Å². The van der Waals surface area contributed by atoms with Crippen molar-refractivity contribution in [3.63, 3.8) is 0 Å². The number of morpholine rings is 1. The molecular formula is C19H16F5NO3. The summed E-state index contributed by atoms with van der Waals surface area (Å²) in [5.74, 6) is -2.26. The van der Waals surface area contributed by atoms with Crippen LogP contribution in [-0.4, -0.2) is 43.2 Å². The van der Waals surface area contributed by atoms with Gasteiger partial charge in [0.05, 0.1) is 18.7 Å². The molecule has 1 unspecified atom stereocenters. The van der Waals surface area contributed by atoms with E-state index in [1.54, 1.807) is 0 Å². The third kappa shape index (κ3) is 4.98. The molecule has 1 heterocycles. The number of alkyl halides is 3. The van der Waals surface area contributed by atoms with Gasteiger partial charge in [0.2, 0.25) is 0 Å². The molecule has 1 aliphatic heterocycles. The standard InChI is InChI=1S/C19H16F5NO3/c20-14-6-12(7-15(21)9-14)18(26)25-4-5-27-17(10-25)11-28-16-3-1-2-13(8-16)19(22,23)24/h1-3,6-9,17H,4-5,10-11H2. The van der Waals surface area contributed by atoms with Gasteiger partial charge in [-0.05, 0) is 30.3 Å². The Balaban J connectivity index is 1.61. The van der Waals surface area contributed by atoms with Crippen LogP contribution in [0.5, 0.6) is 5.75 Å². The van der Waals surface area contributed by atoms with E-state index in [1.807, 2.05) is 0 Å². The zero-order valence-corrected chi connectivity index (χ0v) is 14.5. The average molecular weight is 401 g/mol. The van der Waals surface area contributed by atoms with Crippen LogP contribution in [0.3, 0.4) is 0 Å².